The third-order valence-electron chi connectivity index (χ3n) is 0.0556. The Morgan fingerprint density at radius 2 is 1.67 bits per heavy atom. The van der Waals surface area contributed by atoms with E-state index >= 15 is 0 Å². The maximum atomic E-state index is 9.01. The molecule has 0 aromatic heterocycles. The van der Waals surface area contributed by atoms with Gasteiger partial charge in [-0.25, -0.2) is 0 Å². The fourth-order valence-corrected chi connectivity index (χ4v) is 0. The minimum atomic E-state index is -1.15. The summed E-state index contributed by atoms with van der Waals surface area (Å²) in [7, 11) is -1.15. The van der Waals surface area contributed by atoms with Gasteiger partial charge in [0.25, 0.3) is 0 Å². The van der Waals surface area contributed by atoms with Crippen LogP contribution in [0.15, 0.2) is 0 Å². The normalized spacial score (nSPS) is 2.67. The summed E-state index contributed by atoms with van der Waals surface area (Å²) in [6, 6.07) is 0. The molecule has 0 fully saturated rings. The molecule has 0 spiro atoms. The zero-order valence-corrected chi connectivity index (χ0v) is 3.63. The summed E-state index contributed by atoms with van der Waals surface area (Å²) >= 11 is 0. The van der Waals surface area contributed by atoms with Crippen molar-refractivity contribution in [2.75, 3.05) is 0 Å². The van der Waals surface area contributed by atoms with Crippen molar-refractivity contribution >= 4 is 53.8 Å². The van der Waals surface area contributed by atoms with E-state index in [0.717, 1.165) is 0 Å². The zero-order valence-electron chi connectivity index (χ0n) is 2.47. The van der Waals surface area contributed by atoms with Gasteiger partial charge in [-0.1, -0.05) is 0 Å². The fraction of sp³-hybridized carbons (Fsp3) is 0. The van der Waals surface area contributed by atoms with Crippen LogP contribution in [-0.2, 0) is 9.17 Å². The van der Waals surface area contributed by atoms with Gasteiger partial charge in [-0.3, -0.25) is 0 Å². The van der Waals surface area contributed by atoms with E-state index in [9.17, 15) is 0 Å². The van der Waals surface area contributed by atoms with Gasteiger partial charge >= 0.3 is 62.9 Å². The van der Waals surface area contributed by atoms with Crippen molar-refractivity contribution in [3.63, 3.8) is 0 Å². The van der Waals surface area contributed by atoms with Crippen molar-refractivity contribution in [3.8, 4) is 0 Å². The zero-order chi connectivity index (χ0) is 3.41. The van der Waals surface area contributed by atoms with E-state index in [0.29, 0.717) is 6.74 Å². The molecule has 0 bridgehead atoms. The molecule has 6 heteroatoms. The Morgan fingerprint density at radius 3 is 1.67 bits per heavy atom. The first-order valence-electron chi connectivity index (χ1n) is 0.805. The summed E-state index contributed by atoms with van der Waals surface area (Å²) in [5, 5.41) is 0. The van der Waals surface area contributed by atoms with E-state index in [1.165, 1.54) is 0 Å². The molecule has 0 saturated carbocycles. The number of rotatable bonds is 1. The third-order valence-corrected chi connectivity index (χ3v) is 0.167. The molecular formula is H5BCaO3Si. The first kappa shape index (κ1) is 15.7. The molecule has 0 saturated heterocycles. The van der Waals surface area contributed by atoms with Crippen molar-refractivity contribution in [1.29, 1.82) is 0 Å². The summed E-state index contributed by atoms with van der Waals surface area (Å²) in [5.74, 6) is 0. The second-order valence-corrected chi connectivity index (χ2v) is 0.816. The monoisotopic (exact) mass is 132 g/mol. The Kier molecular flexibility index (Phi) is 43.2. The Hall–Kier alpha value is 1.10. The predicted octanol–water partition coefficient (Wildman–Crippen LogP) is -3.01. The van der Waals surface area contributed by atoms with Crippen LogP contribution in [0.1, 0.15) is 0 Å². The molecule has 0 radical (unpaired) electrons. The molecule has 0 amide bonds. The van der Waals surface area contributed by atoms with Gasteiger partial charge in [0, 0.05) is 0 Å². The minimum absolute atomic E-state index is 0. The second kappa shape index (κ2) is 16.5. The van der Waals surface area contributed by atoms with E-state index in [2.05, 4.69) is 0 Å². The van der Waals surface area contributed by atoms with Crippen LogP contribution in [0, 0.1) is 0 Å². The first-order chi connectivity index (χ1) is 1.91. The molecule has 0 unspecified atom stereocenters. The topological polar surface area (TPSA) is 65.6 Å². The van der Waals surface area contributed by atoms with Crippen molar-refractivity contribution < 1.29 is 14.6 Å². The van der Waals surface area contributed by atoms with E-state index in [1.807, 2.05) is 0 Å². The maximum absolute atomic E-state index is 9.01. The van der Waals surface area contributed by atoms with Crippen LogP contribution in [-0.4, -0.2) is 59.2 Å². The molecule has 0 aromatic carbocycles. The van der Waals surface area contributed by atoms with Gasteiger partial charge in [-0.2, -0.15) is 0 Å². The van der Waals surface area contributed by atoms with E-state index in [-0.39, 0.29) is 43.2 Å². The van der Waals surface area contributed by atoms with E-state index < -0.39 is 9.28 Å². The Balaban J connectivity index is -0.0000000450. The number of hydrogen-bond donors (Lipinski definition) is 0. The molecule has 0 atom stereocenters. The average molecular weight is 132 g/mol. The van der Waals surface area contributed by atoms with Gasteiger partial charge < -0.3 is 5.48 Å². The molecular weight excluding hydrogens is 127 g/mol. The standard InChI is InChI=1S/BHO2Si.Ca.H2O.2H/c2-1-4-3;;;;/h4H;;1H2;;. The van der Waals surface area contributed by atoms with Crippen molar-refractivity contribution in [1.82, 2.24) is 0 Å². The van der Waals surface area contributed by atoms with Crippen molar-refractivity contribution in [2.24, 2.45) is 0 Å². The van der Waals surface area contributed by atoms with Crippen LogP contribution in [0.2, 0.25) is 0 Å². The summed E-state index contributed by atoms with van der Waals surface area (Å²) < 4.78 is 17.9. The predicted molar refractivity (Wildman–Crippen MR) is 26.4 cm³/mol. The molecule has 3 nitrogen and oxygen atoms in total. The van der Waals surface area contributed by atoms with E-state index in [1.54, 1.807) is 0 Å². The first-order valence-corrected chi connectivity index (χ1v) is 1.94. The van der Waals surface area contributed by atoms with Crippen LogP contribution in [0.5, 0.6) is 0 Å². The summed E-state index contributed by atoms with van der Waals surface area (Å²) in [5.41, 5.74) is 0. The second-order valence-electron chi connectivity index (χ2n) is 0.272. The fourth-order valence-electron chi connectivity index (χ4n) is 0. The van der Waals surface area contributed by atoms with Crippen LogP contribution in [0.4, 0.5) is 0 Å². The molecule has 0 aliphatic carbocycles. The molecule has 0 rings (SSSR count). The summed E-state index contributed by atoms with van der Waals surface area (Å²) in [4.78, 5) is 0. The van der Waals surface area contributed by atoms with Crippen molar-refractivity contribution in [3.05, 3.63) is 0 Å². The Morgan fingerprint density at radius 1 is 1.50 bits per heavy atom. The summed E-state index contributed by atoms with van der Waals surface area (Å²) in [6.45, 7) is 0.403. The van der Waals surface area contributed by atoms with Crippen LogP contribution in [0.25, 0.3) is 0 Å². The van der Waals surface area contributed by atoms with Gasteiger partial charge in [0.05, 0.1) is 0 Å². The molecule has 6 heavy (non-hydrogen) atoms. The molecule has 0 heterocycles. The Labute approximate surface area is 67.9 Å². The quantitative estimate of drug-likeness (QED) is 0.356. The SMILES string of the molecule is O.O=B[SiH]=O.[CaH2]. The molecule has 32 valence electrons. The molecule has 0 aromatic rings. The van der Waals surface area contributed by atoms with Gasteiger partial charge in [0.15, 0.2) is 0 Å². The van der Waals surface area contributed by atoms with Gasteiger partial charge in [-0.15, -0.1) is 0 Å². The molecule has 0 aliphatic rings. The van der Waals surface area contributed by atoms with Crippen LogP contribution < -0.4 is 0 Å². The van der Waals surface area contributed by atoms with Crippen LogP contribution >= 0.6 is 0 Å². The van der Waals surface area contributed by atoms with Crippen LogP contribution in [0.3, 0.4) is 0 Å². The van der Waals surface area contributed by atoms with Gasteiger partial charge in [-0.05, 0) is 0 Å². The molecule has 2 N–H and O–H groups in total. The number of hydrogen-bond acceptors (Lipinski definition) is 2. The molecule has 0 aliphatic heterocycles. The average Bonchev–Trinajstić information content (AvgIpc) is 1.37. The Bertz CT molecular complexity index is 31.8. The third kappa shape index (κ3) is 19.4. The van der Waals surface area contributed by atoms with Crippen molar-refractivity contribution in [2.45, 2.75) is 0 Å². The van der Waals surface area contributed by atoms with Gasteiger partial charge in [0.1, 0.15) is 0 Å². The van der Waals surface area contributed by atoms with E-state index in [4.69, 9.17) is 9.17 Å². The summed E-state index contributed by atoms with van der Waals surface area (Å²) in [6.07, 6.45) is 0. The van der Waals surface area contributed by atoms with Gasteiger partial charge in [0.2, 0.25) is 0 Å².